The van der Waals surface area contributed by atoms with Crippen LogP contribution in [0.25, 0.3) is 71.6 Å². The molecule has 0 saturated carbocycles. The maximum absolute atomic E-state index is 2.54. The zero-order chi connectivity index (χ0) is 40.3. The Morgan fingerprint density at radius 3 is 1.63 bits per heavy atom. The molecule has 1 heterocycles. The lowest BCUT2D eigenvalue weighted by Crippen LogP contribution is -2.17. The van der Waals surface area contributed by atoms with Crippen LogP contribution in [-0.4, -0.2) is 4.57 Å². The predicted molar refractivity (Wildman–Crippen MR) is 254 cm³/mol. The summed E-state index contributed by atoms with van der Waals surface area (Å²) in [5, 5.41) is 4.99. The first kappa shape index (κ1) is 34.8. The summed E-state index contributed by atoms with van der Waals surface area (Å²) in [4.78, 5) is 2.54. The van der Waals surface area contributed by atoms with Crippen molar-refractivity contribution in [2.24, 2.45) is 0 Å². The largest absolute Gasteiger partial charge is 0.309 e. The fourth-order valence-electron chi connectivity index (χ4n) is 10.9. The van der Waals surface area contributed by atoms with Gasteiger partial charge in [-0.1, -0.05) is 173 Å². The molecule has 2 heteroatoms. The second-order valence-corrected chi connectivity index (χ2v) is 17.7. The van der Waals surface area contributed by atoms with Gasteiger partial charge in [0.05, 0.1) is 22.4 Å². The van der Waals surface area contributed by atoms with Gasteiger partial charge in [-0.2, -0.15) is 0 Å². The number of rotatable bonds is 5. The maximum Gasteiger partial charge on any atom is 0.0543 e. The fraction of sp³-hybridized carbons (Fsp3) is 0.103. The Labute approximate surface area is 351 Å². The quantitative estimate of drug-likeness (QED) is 0.169. The van der Waals surface area contributed by atoms with E-state index in [4.69, 9.17) is 0 Å². The molecule has 2 nitrogen and oxygen atoms in total. The Balaban J connectivity index is 1.06. The lowest BCUT2D eigenvalue weighted by Gasteiger charge is -2.31. The van der Waals surface area contributed by atoms with E-state index in [1.165, 1.54) is 93.9 Å². The molecule has 0 saturated heterocycles. The summed E-state index contributed by atoms with van der Waals surface area (Å²) in [5.41, 5.74) is 20.1. The first-order valence-corrected chi connectivity index (χ1v) is 21.2. The van der Waals surface area contributed by atoms with Crippen LogP contribution in [0.3, 0.4) is 0 Å². The average Bonchev–Trinajstić information content (AvgIpc) is 3.84. The smallest absolute Gasteiger partial charge is 0.0543 e. The minimum Gasteiger partial charge on any atom is -0.309 e. The van der Waals surface area contributed by atoms with E-state index < -0.39 is 0 Å². The van der Waals surface area contributed by atoms with Crippen molar-refractivity contribution in [1.82, 2.24) is 4.57 Å². The van der Waals surface area contributed by atoms with Gasteiger partial charge in [-0.05, 0) is 104 Å². The van der Waals surface area contributed by atoms with Gasteiger partial charge in [0.2, 0.25) is 0 Å². The van der Waals surface area contributed by atoms with Crippen molar-refractivity contribution in [3.63, 3.8) is 0 Å². The molecule has 0 N–H and O–H groups in total. The summed E-state index contributed by atoms with van der Waals surface area (Å²) in [5.74, 6) is 0. The van der Waals surface area contributed by atoms with E-state index in [0.29, 0.717) is 0 Å². The fourth-order valence-corrected chi connectivity index (χ4v) is 10.9. The number of benzene rings is 9. The molecule has 2 aliphatic rings. The standard InChI is InChI=1S/C58H44N2/c1-57(2)48-23-9-5-16-42(48)47-36-39(34-35-50(47)57)60(55-29-15-25-51-56(55)46-19-6-10-24-49(46)58(51,3)4)54-28-14-21-41-40(20-13-22-43(41)54)37-30-32-38(33-31-37)59-52-26-11-7-17-44(52)45-18-8-12-27-53(45)59/h5-36H,1-4H3. The Bertz CT molecular complexity index is 3320. The molecule has 10 aromatic rings. The summed E-state index contributed by atoms with van der Waals surface area (Å²) in [6, 6.07) is 72.3. The van der Waals surface area contributed by atoms with Crippen LogP contribution < -0.4 is 4.90 Å². The van der Waals surface area contributed by atoms with E-state index in [9.17, 15) is 0 Å². The predicted octanol–water partition coefficient (Wildman–Crippen LogP) is 15.7. The first-order chi connectivity index (χ1) is 29.3. The van der Waals surface area contributed by atoms with Crippen LogP contribution in [0.2, 0.25) is 0 Å². The molecule has 286 valence electrons. The number of para-hydroxylation sites is 2. The molecule has 0 amide bonds. The molecule has 0 atom stereocenters. The number of hydrogen-bond acceptors (Lipinski definition) is 1. The van der Waals surface area contributed by atoms with Gasteiger partial charge in [-0.3, -0.25) is 0 Å². The monoisotopic (exact) mass is 768 g/mol. The van der Waals surface area contributed by atoms with Gasteiger partial charge in [0.15, 0.2) is 0 Å². The number of anilines is 3. The van der Waals surface area contributed by atoms with Crippen LogP contribution in [0, 0.1) is 0 Å². The highest BCUT2D eigenvalue weighted by Crippen LogP contribution is 2.56. The van der Waals surface area contributed by atoms with Gasteiger partial charge >= 0.3 is 0 Å². The van der Waals surface area contributed by atoms with E-state index in [0.717, 1.165) is 17.1 Å². The van der Waals surface area contributed by atoms with Gasteiger partial charge in [-0.15, -0.1) is 0 Å². The Hall–Kier alpha value is -7.16. The van der Waals surface area contributed by atoms with E-state index in [1.807, 2.05) is 0 Å². The Kier molecular flexibility index (Phi) is 7.36. The zero-order valence-corrected chi connectivity index (χ0v) is 34.4. The summed E-state index contributed by atoms with van der Waals surface area (Å²) in [6.45, 7) is 9.47. The molecule has 0 radical (unpaired) electrons. The summed E-state index contributed by atoms with van der Waals surface area (Å²) in [6.07, 6.45) is 0. The lowest BCUT2D eigenvalue weighted by atomic mass is 9.82. The van der Waals surface area contributed by atoms with Gasteiger partial charge < -0.3 is 9.47 Å². The lowest BCUT2D eigenvalue weighted by molar-refractivity contribution is 0.660. The van der Waals surface area contributed by atoms with Gasteiger partial charge in [0.25, 0.3) is 0 Å². The summed E-state index contributed by atoms with van der Waals surface area (Å²) >= 11 is 0. The van der Waals surface area contributed by atoms with Crippen molar-refractivity contribution in [3.05, 3.63) is 216 Å². The van der Waals surface area contributed by atoms with Crippen molar-refractivity contribution >= 4 is 49.6 Å². The highest BCUT2D eigenvalue weighted by Gasteiger charge is 2.39. The third-order valence-electron chi connectivity index (χ3n) is 13.8. The van der Waals surface area contributed by atoms with Crippen LogP contribution in [0.5, 0.6) is 0 Å². The van der Waals surface area contributed by atoms with E-state index in [1.54, 1.807) is 0 Å². The van der Waals surface area contributed by atoms with Crippen molar-refractivity contribution < 1.29 is 0 Å². The number of aromatic nitrogens is 1. The summed E-state index contributed by atoms with van der Waals surface area (Å²) < 4.78 is 2.39. The van der Waals surface area contributed by atoms with E-state index in [-0.39, 0.29) is 10.8 Å². The topological polar surface area (TPSA) is 8.17 Å². The molecule has 0 aliphatic heterocycles. The zero-order valence-electron chi connectivity index (χ0n) is 34.4. The maximum atomic E-state index is 2.54. The minimum absolute atomic E-state index is 0.0717. The van der Waals surface area contributed by atoms with Crippen molar-refractivity contribution in [3.8, 4) is 39.1 Å². The third kappa shape index (κ3) is 4.82. The molecule has 0 spiro atoms. The molecular formula is C58H44N2. The highest BCUT2D eigenvalue weighted by atomic mass is 15.1. The molecule has 12 rings (SSSR count). The van der Waals surface area contributed by atoms with Gasteiger partial charge in [0.1, 0.15) is 0 Å². The normalized spacial score (nSPS) is 14.3. The van der Waals surface area contributed by atoms with Crippen LogP contribution in [0.4, 0.5) is 17.1 Å². The molecule has 0 unspecified atom stereocenters. The molecule has 60 heavy (non-hydrogen) atoms. The average molecular weight is 769 g/mol. The molecule has 1 aromatic heterocycles. The Morgan fingerprint density at radius 1 is 0.367 bits per heavy atom. The molecule has 0 bridgehead atoms. The van der Waals surface area contributed by atoms with Crippen LogP contribution >= 0.6 is 0 Å². The van der Waals surface area contributed by atoms with Gasteiger partial charge in [0, 0.05) is 43.9 Å². The SMILES string of the molecule is CC1(C)c2ccccc2-c2cc(N(c3cccc4c3-c3ccccc3C4(C)C)c3cccc4c(-c5ccc(-n6c7ccccc7c7ccccc76)cc5)cccc34)ccc21. The first-order valence-electron chi connectivity index (χ1n) is 21.2. The van der Waals surface area contributed by atoms with E-state index in [2.05, 4.69) is 231 Å². The molecule has 0 fully saturated rings. The number of fused-ring (bicyclic) bond motifs is 10. The second kappa shape index (κ2) is 12.7. The summed E-state index contributed by atoms with van der Waals surface area (Å²) in [7, 11) is 0. The second-order valence-electron chi connectivity index (χ2n) is 17.7. The molecular weight excluding hydrogens is 725 g/mol. The van der Waals surface area contributed by atoms with Crippen molar-refractivity contribution in [2.45, 2.75) is 38.5 Å². The van der Waals surface area contributed by atoms with Crippen LogP contribution in [0.15, 0.2) is 194 Å². The number of hydrogen-bond donors (Lipinski definition) is 0. The van der Waals surface area contributed by atoms with Crippen molar-refractivity contribution in [1.29, 1.82) is 0 Å². The number of nitrogens with zero attached hydrogens (tertiary/aromatic N) is 2. The van der Waals surface area contributed by atoms with Crippen LogP contribution in [-0.2, 0) is 10.8 Å². The highest BCUT2D eigenvalue weighted by molar-refractivity contribution is 6.10. The third-order valence-corrected chi connectivity index (χ3v) is 13.8. The minimum atomic E-state index is -0.119. The van der Waals surface area contributed by atoms with Gasteiger partial charge in [-0.25, -0.2) is 0 Å². The Morgan fingerprint density at radius 2 is 0.883 bits per heavy atom. The molecule has 2 aliphatic carbocycles. The van der Waals surface area contributed by atoms with E-state index >= 15 is 0 Å². The van der Waals surface area contributed by atoms with Crippen molar-refractivity contribution in [2.75, 3.05) is 4.90 Å². The molecule has 9 aromatic carbocycles. The van der Waals surface area contributed by atoms with Crippen LogP contribution in [0.1, 0.15) is 49.9 Å².